The van der Waals surface area contributed by atoms with E-state index in [1.807, 2.05) is 6.07 Å². The van der Waals surface area contributed by atoms with E-state index in [-0.39, 0.29) is 0 Å². The van der Waals surface area contributed by atoms with E-state index in [9.17, 15) is 0 Å². The van der Waals surface area contributed by atoms with Crippen LogP contribution in [0.15, 0.2) is 89.3 Å². The van der Waals surface area contributed by atoms with Crippen molar-refractivity contribution in [3.63, 3.8) is 0 Å². The number of aryl methyl sites for hydroxylation is 4. The van der Waals surface area contributed by atoms with Crippen molar-refractivity contribution in [3.05, 3.63) is 107 Å². The highest BCUT2D eigenvalue weighted by Gasteiger charge is 2.13. The standard InChI is InChI=1S/C30H26N2O/c1-20-17-18-29-25(19-20)24-13-8-12-23(30(24)33-29)11-7-10-22-9-3-5-15-27(22)32-21(2)31-26-14-4-6-16-28(26)32/h3-6,8-9,12-19H,7,10-11H2,1-2H3. The van der Waals surface area contributed by atoms with Crippen LogP contribution in [0.25, 0.3) is 38.7 Å². The molecule has 33 heavy (non-hydrogen) atoms. The van der Waals surface area contributed by atoms with E-state index in [2.05, 4.69) is 97.3 Å². The van der Waals surface area contributed by atoms with Gasteiger partial charge in [-0.15, -0.1) is 0 Å². The van der Waals surface area contributed by atoms with Gasteiger partial charge in [-0.1, -0.05) is 60.2 Å². The number of nitrogens with zero attached hydrogens (tertiary/aromatic N) is 2. The van der Waals surface area contributed by atoms with Crippen molar-refractivity contribution in [1.82, 2.24) is 9.55 Å². The molecule has 3 nitrogen and oxygen atoms in total. The lowest BCUT2D eigenvalue weighted by atomic mass is 10.0. The minimum atomic E-state index is 0.968. The largest absolute Gasteiger partial charge is 0.456 e. The fourth-order valence-electron chi connectivity index (χ4n) is 5.03. The van der Waals surface area contributed by atoms with Crippen LogP contribution >= 0.6 is 0 Å². The maximum Gasteiger partial charge on any atom is 0.138 e. The maximum absolute atomic E-state index is 6.28. The second-order valence-corrected chi connectivity index (χ2v) is 8.86. The van der Waals surface area contributed by atoms with Crippen LogP contribution in [-0.4, -0.2) is 9.55 Å². The zero-order valence-electron chi connectivity index (χ0n) is 19.0. The molecule has 0 amide bonds. The predicted molar refractivity (Wildman–Crippen MR) is 136 cm³/mol. The summed E-state index contributed by atoms with van der Waals surface area (Å²) in [5.74, 6) is 1.02. The Morgan fingerprint density at radius 2 is 1.55 bits per heavy atom. The topological polar surface area (TPSA) is 31.0 Å². The van der Waals surface area contributed by atoms with Gasteiger partial charge >= 0.3 is 0 Å². The Labute approximate surface area is 193 Å². The van der Waals surface area contributed by atoms with Crippen molar-refractivity contribution in [2.75, 3.05) is 0 Å². The number of fused-ring (bicyclic) bond motifs is 4. The number of hydrogen-bond donors (Lipinski definition) is 0. The zero-order valence-corrected chi connectivity index (χ0v) is 19.0. The molecular formula is C30H26N2O. The van der Waals surface area contributed by atoms with Gasteiger partial charge < -0.3 is 4.42 Å². The number of benzene rings is 4. The maximum atomic E-state index is 6.28. The summed E-state index contributed by atoms with van der Waals surface area (Å²) < 4.78 is 8.56. The molecule has 0 spiro atoms. The van der Waals surface area contributed by atoms with Crippen LogP contribution in [0.5, 0.6) is 0 Å². The summed E-state index contributed by atoms with van der Waals surface area (Å²) in [6.45, 7) is 4.21. The number of aromatic nitrogens is 2. The molecule has 0 atom stereocenters. The van der Waals surface area contributed by atoms with Crippen LogP contribution < -0.4 is 0 Å². The molecule has 4 aromatic carbocycles. The molecule has 3 heteroatoms. The van der Waals surface area contributed by atoms with E-state index in [1.165, 1.54) is 33.2 Å². The van der Waals surface area contributed by atoms with Gasteiger partial charge in [0.15, 0.2) is 0 Å². The summed E-state index contributed by atoms with van der Waals surface area (Å²) in [5.41, 5.74) is 9.30. The minimum Gasteiger partial charge on any atom is -0.456 e. The SMILES string of the molecule is Cc1ccc2oc3c(CCCc4ccccc4-n4c(C)nc5ccccc54)cccc3c2c1. The lowest BCUT2D eigenvalue weighted by Gasteiger charge is -2.13. The summed E-state index contributed by atoms with van der Waals surface area (Å²) in [7, 11) is 0. The fourth-order valence-corrected chi connectivity index (χ4v) is 5.03. The molecular weight excluding hydrogens is 404 g/mol. The highest BCUT2D eigenvalue weighted by molar-refractivity contribution is 6.06. The molecule has 162 valence electrons. The van der Waals surface area contributed by atoms with E-state index in [0.29, 0.717) is 0 Å². The average Bonchev–Trinajstić information content (AvgIpc) is 3.36. The van der Waals surface area contributed by atoms with Gasteiger partial charge in [-0.25, -0.2) is 4.98 Å². The zero-order chi connectivity index (χ0) is 22.4. The van der Waals surface area contributed by atoms with Crippen molar-refractivity contribution < 1.29 is 4.42 Å². The third kappa shape index (κ3) is 3.41. The number of imidazole rings is 1. The van der Waals surface area contributed by atoms with Gasteiger partial charge in [-0.05, 0) is 74.6 Å². The molecule has 0 bridgehead atoms. The first-order valence-corrected chi connectivity index (χ1v) is 11.6. The monoisotopic (exact) mass is 430 g/mol. The molecule has 0 saturated heterocycles. The smallest absolute Gasteiger partial charge is 0.138 e. The Morgan fingerprint density at radius 3 is 2.48 bits per heavy atom. The van der Waals surface area contributed by atoms with E-state index >= 15 is 0 Å². The van der Waals surface area contributed by atoms with Gasteiger partial charge in [0.25, 0.3) is 0 Å². The van der Waals surface area contributed by atoms with Crippen LogP contribution in [0.4, 0.5) is 0 Å². The van der Waals surface area contributed by atoms with E-state index < -0.39 is 0 Å². The van der Waals surface area contributed by atoms with Crippen molar-refractivity contribution >= 4 is 33.0 Å². The summed E-state index contributed by atoms with van der Waals surface area (Å²) in [6.07, 6.45) is 3.03. The Balaban J connectivity index is 1.31. The van der Waals surface area contributed by atoms with Crippen molar-refractivity contribution in [2.45, 2.75) is 33.1 Å². The van der Waals surface area contributed by atoms with Crippen LogP contribution in [-0.2, 0) is 12.8 Å². The van der Waals surface area contributed by atoms with E-state index in [0.717, 1.165) is 47.3 Å². The van der Waals surface area contributed by atoms with Crippen LogP contribution in [0.1, 0.15) is 28.9 Å². The minimum absolute atomic E-state index is 0.968. The fraction of sp³-hybridized carbons (Fsp3) is 0.167. The lowest BCUT2D eigenvalue weighted by Crippen LogP contribution is -2.02. The van der Waals surface area contributed by atoms with Gasteiger partial charge in [-0.2, -0.15) is 0 Å². The quantitative estimate of drug-likeness (QED) is 0.280. The normalized spacial score (nSPS) is 11.7. The molecule has 6 rings (SSSR count). The van der Waals surface area contributed by atoms with Crippen molar-refractivity contribution in [2.24, 2.45) is 0 Å². The average molecular weight is 431 g/mol. The molecule has 0 aliphatic heterocycles. The van der Waals surface area contributed by atoms with Gasteiger partial charge in [-0.3, -0.25) is 4.57 Å². The van der Waals surface area contributed by atoms with Crippen molar-refractivity contribution in [3.8, 4) is 5.69 Å². The molecule has 2 aromatic heterocycles. The molecule has 0 N–H and O–H groups in total. The first-order chi connectivity index (χ1) is 16.2. The second-order valence-electron chi connectivity index (χ2n) is 8.86. The number of furan rings is 1. The van der Waals surface area contributed by atoms with Crippen LogP contribution in [0.3, 0.4) is 0 Å². The van der Waals surface area contributed by atoms with Gasteiger partial charge in [0.1, 0.15) is 17.0 Å². The Morgan fingerprint density at radius 1 is 0.758 bits per heavy atom. The number of para-hydroxylation sites is 4. The van der Waals surface area contributed by atoms with Crippen LogP contribution in [0.2, 0.25) is 0 Å². The molecule has 0 fully saturated rings. The second kappa shape index (κ2) is 7.93. The summed E-state index contributed by atoms with van der Waals surface area (Å²) >= 11 is 0. The molecule has 0 saturated carbocycles. The van der Waals surface area contributed by atoms with Crippen molar-refractivity contribution in [1.29, 1.82) is 0 Å². The molecule has 0 aliphatic carbocycles. The number of hydrogen-bond acceptors (Lipinski definition) is 2. The molecule has 2 heterocycles. The predicted octanol–water partition coefficient (Wildman–Crippen LogP) is 7.72. The summed E-state index contributed by atoms with van der Waals surface area (Å²) in [6, 6.07) is 30.0. The summed E-state index contributed by atoms with van der Waals surface area (Å²) in [5, 5.41) is 2.42. The first-order valence-electron chi connectivity index (χ1n) is 11.6. The lowest BCUT2D eigenvalue weighted by molar-refractivity contribution is 0.659. The molecule has 0 aliphatic rings. The first kappa shape index (κ1) is 19.8. The highest BCUT2D eigenvalue weighted by Crippen LogP contribution is 2.32. The summed E-state index contributed by atoms with van der Waals surface area (Å²) in [4.78, 5) is 4.77. The molecule has 0 unspecified atom stereocenters. The third-order valence-electron chi connectivity index (χ3n) is 6.59. The highest BCUT2D eigenvalue weighted by atomic mass is 16.3. The third-order valence-corrected chi connectivity index (χ3v) is 6.59. The Hall–Kier alpha value is -3.85. The Kier molecular flexibility index (Phi) is 4.76. The molecule has 6 aromatic rings. The van der Waals surface area contributed by atoms with Crippen LogP contribution in [0, 0.1) is 13.8 Å². The Bertz CT molecular complexity index is 1620. The van der Waals surface area contributed by atoms with Gasteiger partial charge in [0.2, 0.25) is 0 Å². The van der Waals surface area contributed by atoms with E-state index in [4.69, 9.17) is 9.40 Å². The number of rotatable bonds is 5. The molecule has 0 radical (unpaired) electrons. The van der Waals surface area contributed by atoms with E-state index in [1.54, 1.807) is 0 Å². The van der Waals surface area contributed by atoms with Gasteiger partial charge in [0.05, 0.1) is 16.7 Å². The van der Waals surface area contributed by atoms with Gasteiger partial charge in [0, 0.05) is 10.8 Å².